The Kier molecular flexibility index (Phi) is 6.81. The second kappa shape index (κ2) is 10.1. The number of nitrogens with one attached hydrogen (secondary N) is 1. The number of fused-ring (bicyclic) bond motifs is 1. The molecule has 0 unspecified atom stereocenters. The van der Waals surface area contributed by atoms with Crippen LogP contribution in [0, 0.1) is 0 Å². The molecule has 7 nitrogen and oxygen atoms in total. The first kappa shape index (κ1) is 21.6. The molecule has 8 heteroatoms. The van der Waals surface area contributed by atoms with E-state index >= 15 is 0 Å². The van der Waals surface area contributed by atoms with E-state index < -0.39 is 0 Å². The molecule has 0 atom stereocenters. The molecule has 0 aliphatic rings. The number of hydrogen-bond donors (Lipinski definition) is 1. The van der Waals surface area contributed by atoms with Crippen molar-refractivity contribution in [1.82, 2.24) is 19.9 Å². The molecule has 4 rings (SSSR count). The molecule has 2 heterocycles. The van der Waals surface area contributed by atoms with Crippen molar-refractivity contribution in [3.63, 3.8) is 0 Å². The number of pyridine rings is 1. The molecule has 0 saturated carbocycles. The fraction of sp³-hybridized carbons (Fsp3) is 0.167. The summed E-state index contributed by atoms with van der Waals surface area (Å²) in [5.74, 6) is 0.791. The predicted octanol–water partition coefficient (Wildman–Crippen LogP) is 3.24. The van der Waals surface area contributed by atoms with Gasteiger partial charge in [-0.25, -0.2) is 9.97 Å². The normalized spacial score (nSPS) is 10.8. The van der Waals surface area contributed by atoms with Crippen LogP contribution in [0.25, 0.3) is 16.7 Å². The Hall–Kier alpha value is -3.65. The molecule has 0 fully saturated rings. The van der Waals surface area contributed by atoms with Crippen LogP contribution in [0.3, 0.4) is 0 Å². The van der Waals surface area contributed by atoms with Gasteiger partial charge in [-0.15, -0.1) is 0 Å². The number of carbonyl (C=O) groups excluding carboxylic acids is 1. The van der Waals surface area contributed by atoms with E-state index in [1.165, 1.54) is 16.3 Å². The zero-order chi connectivity index (χ0) is 22.3. The van der Waals surface area contributed by atoms with Gasteiger partial charge in [0.15, 0.2) is 10.8 Å². The third-order valence-corrected chi connectivity index (χ3v) is 5.81. The summed E-state index contributed by atoms with van der Waals surface area (Å²) in [6, 6.07) is 20.4. The van der Waals surface area contributed by atoms with Crippen molar-refractivity contribution in [3.8, 4) is 11.4 Å². The van der Waals surface area contributed by atoms with Gasteiger partial charge in [-0.1, -0.05) is 48.2 Å². The SMILES string of the molecule is COc1ccccc1CCNC(=O)CSc1nc2ncccc2c(=O)n1-c1ccccc1. The number of hydrogen-bond acceptors (Lipinski definition) is 6. The Labute approximate surface area is 189 Å². The largest absolute Gasteiger partial charge is 0.496 e. The molecule has 0 spiro atoms. The number of ether oxygens (including phenoxy) is 1. The van der Waals surface area contributed by atoms with Crippen LogP contribution in [0.15, 0.2) is 82.9 Å². The smallest absolute Gasteiger partial charge is 0.268 e. The summed E-state index contributed by atoms with van der Waals surface area (Å²) in [7, 11) is 1.63. The lowest BCUT2D eigenvalue weighted by Crippen LogP contribution is -2.28. The molecule has 162 valence electrons. The molecule has 0 bridgehead atoms. The third-order valence-electron chi connectivity index (χ3n) is 4.87. The lowest BCUT2D eigenvalue weighted by Gasteiger charge is -2.13. The first-order valence-electron chi connectivity index (χ1n) is 10.1. The molecule has 2 aromatic heterocycles. The summed E-state index contributed by atoms with van der Waals surface area (Å²) >= 11 is 1.21. The van der Waals surface area contributed by atoms with Crippen LogP contribution in [0.5, 0.6) is 5.75 Å². The van der Waals surface area contributed by atoms with Crippen molar-refractivity contribution in [2.45, 2.75) is 11.6 Å². The Balaban J connectivity index is 1.49. The fourth-order valence-electron chi connectivity index (χ4n) is 3.33. The van der Waals surface area contributed by atoms with E-state index in [-0.39, 0.29) is 17.2 Å². The lowest BCUT2D eigenvalue weighted by molar-refractivity contribution is -0.118. The maximum Gasteiger partial charge on any atom is 0.268 e. The summed E-state index contributed by atoms with van der Waals surface area (Å²) in [6.45, 7) is 0.484. The van der Waals surface area contributed by atoms with Gasteiger partial charge < -0.3 is 10.1 Å². The number of rotatable bonds is 8. The highest BCUT2D eigenvalue weighted by atomic mass is 32.2. The summed E-state index contributed by atoms with van der Waals surface area (Å²) in [5.41, 5.74) is 1.87. The van der Waals surface area contributed by atoms with E-state index in [4.69, 9.17) is 4.74 Å². The van der Waals surface area contributed by atoms with Gasteiger partial charge in [0.25, 0.3) is 5.56 Å². The lowest BCUT2D eigenvalue weighted by atomic mass is 10.1. The van der Waals surface area contributed by atoms with Gasteiger partial charge in [0, 0.05) is 12.7 Å². The highest BCUT2D eigenvalue weighted by Crippen LogP contribution is 2.21. The second-order valence-electron chi connectivity index (χ2n) is 6.95. The van der Waals surface area contributed by atoms with Gasteiger partial charge in [-0.3, -0.25) is 14.2 Å². The molecule has 1 amide bonds. The monoisotopic (exact) mass is 446 g/mol. The van der Waals surface area contributed by atoms with Gasteiger partial charge in [-0.2, -0.15) is 0 Å². The second-order valence-corrected chi connectivity index (χ2v) is 7.89. The van der Waals surface area contributed by atoms with Gasteiger partial charge in [0.1, 0.15) is 5.75 Å². The maximum atomic E-state index is 13.1. The molecule has 1 N–H and O–H groups in total. The van der Waals surface area contributed by atoms with Crippen LogP contribution >= 0.6 is 11.8 Å². The van der Waals surface area contributed by atoms with E-state index in [0.29, 0.717) is 34.8 Å². The zero-order valence-corrected chi connectivity index (χ0v) is 18.3. The van der Waals surface area contributed by atoms with Crippen molar-refractivity contribution in [1.29, 1.82) is 0 Å². The molecule has 4 aromatic rings. The summed E-state index contributed by atoms with van der Waals surface area (Å²) in [5, 5.41) is 3.77. The molecule has 0 aliphatic heterocycles. The summed E-state index contributed by atoms with van der Waals surface area (Å²) < 4.78 is 6.87. The van der Waals surface area contributed by atoms with E-state index in [0.717, 1.165) is 11.3 Å². The number of nitrogens with zero attached hydrogens (tertiary/aromatic N) is 3. The third kappa shape index (κ3) is 4.81. The molecular weight excluding hydrogens is 424 g/mol. The van der Waals surface area contributed by atoms with Crippen molar-refractivity contribution in [3.05, 3.63) is 88.8 Å². The minimum atomic E-state index is -0.214. The number of amides is 1. The van der Waals surface area contributed by atoms with Gasteiger partial charge in [-0.05, 0) is 42.3 Å². The van der Waals surface area contributed by atoms with E-state index in [2.05, 4.69) is 15.3 Å². The summed E-state index contributed by atoms with van der Waals surface area (Å²) in [4.78, 5) is 34.4. The highest BCUT2D eigenvalue weighted by molar-refractivity contribution is 7.99. The predicted molar refractivity (Wildman–Crippen MR) is 126 cm³/mol. The van der Waals surface area contributed by atoms with E-state index in [1.54, 1.807) is 25.4 Å². The number of para-hydroxylation sites is 2. The van der Waals surface area contributed by atoms with Crippen molar-refractivity contribution in [2.75, 3.05) is 19.4 Å². The van der Waals surface area contributed by atoms with E-state index in [9.17, 15) is 9.59 Å². The maximum absolute atomic E-state index is 13.1. The number of benzene rings is 2. The van der Waals surface area contributed by atoms with Gasteiger partial charge in [0.05, 0.1) is 23.9 Å². The molecule has 0 radical (unpaired) electrons. The quantitative estimate of drug-likeness (QED) is 0.330. The molecular formula is C24H22N4O3S. The van der Waals surface area contributed by atoms with Crippen LogP contribution in [0.4, 0.5) is 0 Å². The Morgan fingerprint density at radius 1 is 1.06 bits per heavy atom. The topological polar surface area (TPSA) is 86.1 Å². The average molecular weight is 447 g/mol. The number of thioether (sulfide) groups is 1. The Morgan fingerprint density at radius 3 is 2.66 bits per heavy atom. The van der Waals surface area contributed by atoms with Crippen molar-refractivity contribution >= 4 is 28.7 Å². The molecule has 2 aromatic carbocycles. The fourth-order valence-corrected chi connectivity index (χ4v) is 4.16. The number of methoxy groups -OCH3 is 1. The molecule has 0 saturated heterocycles. The molecule has 0 aliphatic carbocycles. The Morgan fingerprint density at radius 2 is 1.84 bits per heavy atom. The van der Waals surface area contributed by atoms with Crippen molar-refractivity contribution < 1.29 is 9.53 Å². The van der Waals surface area contributed by atoms with Crippen molar-refractivity contribution in [2.24, 2.45) is 0 Å². The zero-order valence-electron chi connectivity index (χ0n) is 17.5. The highest BCUT2D eigenvalue weighted by Gasteiger charge is 2.15. The minimum Gasteiger partial charge on any atom is -0.496 e. The summed E-state index contributed by atoms with van der Waals surface area (Å²) in [6.07, 6.45) is 2.26. The van der Waals surface area contributed by atoms with Crippen LogP contribution in [0.1, 0.15) is 5.56 Å². The molecule has 32 heavy (non-hydrogen) atoms. The van der Waals surface area contributed by atoms with Crippen LogP contribution in [-0.2, 0) is 11.2 Å². The van der Waals surface area contributed by atoms with E-state index in [1.807, 2.05) is 54.6 Å². The minimum absolute atomic E-state index is 0.129. The van der Waals surface area contributed by atoms with Crippen LogP contribution in [0.2, 0.25) is 0 Å². The number of carbonyl (C=O) groups is 1. The first-order valence-corrected chi connectivity index (χ1v) is 11.1. The first-order chi connectivity index (χ1) is 15.7. The standard InChI is InChI=1S/C24H22N4O3S/c1-31-20-12-6-5-8-17(20)13-15-25-21(29)16-32-24-27-22-19(11-7-14-26-22)23(30)28(24)18-9-3-2-4-10-18/h2-12,14H,13,15-16H2,1H3,(H,25,29). The Bertz CT molecular complexity index is 1290. The van der Waals surface area contributed by atoms with Crippen LogP contribution < -0.4 is 15.6 Å². The number of aromatic nitrogens is 3. The van der Waals surface area contributed by atoms with Gasteiger partial charge in [0.2, 0.25) is 5.91 Å². The van der Waals surface area contributed by atoms with Gasteiger partial charge >= 0.3 is 0 Å². The average Bonchev–Trinajstić information content (AvgIpc) is 2.83. The van der Waals surface area contributed by atoms with Crippen LogP contribution in [-0.4, -0.2) is 39.8 Å².